The summed E-state index contributed by atoms with van der Waals surface area (Å²) in [6.45, 7) is 1.64. The van der Waals surface area contributed by atoms with E-state index in [-0.39, 0.29) is 5.56 Å². The van der Waals surface area contributed by atoms with Crippen LogP contribution in [0.5, 0.6) is 0 Å². The zero-order chi connectivity index (χ0) is 21.7. The number of oxime groups is 1. The van der Waals surface area contributed by atoms with Crippen LogP contribution in [0.3, 0.4) is 0 Å². The number of hydrogen-bond donors (Lipinski definition) is 0. The third-order valence-electron chi connectivity index (χ3n) is 4.51. The van der Waals surface area contributed by atoms with Crippen molar-refractivity contribution in [3.05, 3.63) is 71.3 Å². The van der Waals surface area contributed by atoms with E-state index in [0.717, 1.165) is 24.3 Å². The Morgan fingerprint density at radius 1 is 0.931 bits per heavy atom. The lowest BCUT2D eigenvalue weighted by molar-refractivity contribution is -0.274. The molecule has 2 aromatic carbocycles. The summed E-state index contributed by atoms with van der Waals surface area (Å²) in [6.07, 6.45) is -5.53. The van der Waals surface area contributed by atoms with Crippen molar-refractivity contribution in [3.8, 4) is 0 Å². The molecule has 1 aliphatic heterocycles. The first-order valence-electron chi connectivity index (χ1n) is 8.08. The molecule has 0 amide bonds. The predicted molar refractivity (Wildman–Crippen MR) is 91.7 cm³/mol. The molecule has 0 fully saturated rings. The zero-order valence-electron chi connectivity index (χ0n) is 14.6. The summed E-state index contributed by atoms with van der Waals surface area (Å²) in [4.78, 5) is 4.57. The minimum absolute atomic E-state index is 0.226. The Kier molecular flexibility index (Phi) is 4.93. The van der Waals surface area contributed by atoms with Crippen molar-refractivity contribution in [2.45, 2.75) is 29.5 Å². The van der Waals surface area contributed by atoms with Crippen molar-refractivity contribution >= 4 is 15.5 Å². The lowest BCUT2D eigenvalue weighted by Crippen LogP contribution is -2.58. The molecule has 0 aliphatic carbocycles. The highest BCUT2D eigenvalue weighted by molar-refractivity contribution is 7.93. The molecule has 3 rings (SSSR count). The highest BCUT2D eigenvalue weighted by Crippen LogP contribution is 2.53. The predicted octanol–water partition coefficient (Wildman–Crippen LogP) is 4.49. The number of hydrogen-bond acceptors (Lipinski definition) is 4. The number of sulfone groups is 1. The van der Waals surface area contributed by atoms with Crippen molar-refractivity contribution in [2.24, 2.45) is 5.16 Å². The third-order valence-corrected chi connectivity index (χ3v) is 6.33. The van der Waals surface area contributed by atoms with Gasteiger partial charge in [0.1, 0.15) is 5.71 Å². The van der Waals surface area contributed by atoms with Crippen LogP contribution in [0.2, 0.25) is 0 Å². The van der Waals surface area contributed by atoms with Gasteiger partial charge in [-0.2, -0.15) is 26.3 Å². The van der Waals surface area contributed by atoms with Gasteiger partial charge in [0.05, 0.1) is 0 Å². The molecule has 0 aromatic heterocycles. The summed E-state index contributed by atoms with van der Waals surface area (Å²) in [5.74, 6) is 0. The molecule has 2 atom stereocenters. The fourth-order valence-corrected chi connectivity index (χ4v) is 4.58. The Labute approximate surface area is 161 Å². The minimum Gasteiger partial charge on any atom is -0.372 e. The lowest BCUT2D eigenvalue weighted by Gasteiger charge is -2.35. The van der Waals surface area contributed by atoms with Gasteiger partial charge in [-0.15, -0.1) is 0 Å². The summed E-state index contributed by atoms with van der Waals surface area (Å²) in [5.41, 5.74) is -11.2. The lowest BCUT2D eigenvalue weighted by atomic mass is 9.86. The van der Waals surface area contributed by atoms with Crippen LogP contribution in [-0.4, -0.2) is 31.1 Å². The highest BCUT2D eigenvalue weighted by Gasteiger charge is 2.75. The van der Waals surface area contributed by atoms with Gasteiger partial charge in [0.15, 0.2) is 5.25 Å². The molecule has 0 N–H and O–H groups in total. The molecule has 0 saturated heterocycles. The van der Waals surface area contributed by atoms with Crippen LogP contribution in [0.1, 0.15) is 16.7 Å². The molecule has 4 nitrogen and oxygen atoms in total. The van der Waals surface area contributed by atoms with Crippen LogP contribution in [0, 0.1) is 6.92 Å². The molecule has 156 valence electrons. The quantitative estimate of drug-likeness (QED) is 0.665. The molecule has 1 heterocycles. The van der Waals surface area contributed by atoms with E-state index in [1.807, 2.05) is 0 Å². The first-order valence-corrected chi connectivity index (χ1v) is 9.62. The summed E-state index contributed by atoms with van der Waals surface area (Å²) in [6, 6.07) is 10.5. The average Bonchev–Trinajstić information content (AvgIpc) is 3.04. The topological polar surface area (TPSA) is 55.7 Å². The summed E-state index contributed by atoms with van der Waals surface area (Å²) in [7, 11) is -6.40. The largest absolute Gasteiger partial charge is 0.498 e. The number of rotatable bonds is 3. The van der Waals surface area contributed by atoms with Crippen molar-refractivity contribution in [2.75, 3.05) is 0 Å². The molecule has 0 radical (unpaired) electrons. The van der Waals surface area contributed by atoms with Gasteiger partial charge in [-0.1, -0.05) is 65.3 Å². The molecule has 1 aliphatic rings. The van der Waals surface area contributed by atoms with Crippen LogP contribution in [0.4, 0.5) is 26.3 Å². The highest BCUT2D eigenvalue weighted by atomic mass is 32.2. The van der Waals surface area contributed by atoms with Crippen molar-refractivity contribution in [3.63, 3.8) is 0 Å². The Morgan fingerprint density at radius 3 is 1.97 bits per heavy atom. The molecule has 11 heteroatoms. The Balaban J connectivity index is 2.34. The van der Waals surface area contributed by atoms with Crippen LogP contribution < -0.4 is 0 Å². The van der Waals surface area contributed by atoms with E-state index in [4.69, 9.17) is 0 Å². The van der Waals surface area contributed by atoms with Gasteiger partial charge in [-0.05, 0) is 6.92 Å². The van der Waals surface area contributed by atoms with E-state index in [0.29, 0.717) is 5.56 Å². The third kappa shape index (κ3) is 3.26. The van der Waals surface area contributed by atoms with Crippen molar-refractivity contribution in [1.82, 2.24) is 0 Å². The van der Waals surface area contributed by atoms with E-state index in [1.54, 1.807) is 6.92 Å². The van der Waals surface area contributed by atoms with E-state index in [2.05, 4.69) is 9.99 Å². The van der Waals surface area contributed by atoms with Crippen LogP contribution in [0.15, 0.2) is 59.8 Å². The summed E-state index contributed by atoms with van der Waals surface area (Å²) < 4.78 is 108. The molecule has 29 heavy (non-hydrogen) atoms. The van der Waals surface area contributed by atoms with Gasteiger partial charge in [0.25, 0.3) is 15.4 Å². The Hall–Kier alpha value is -2.56. The molecular weight excluding hydrogens is 424 g/mol. The standard InChI is InChI=1S/C18H13F6NO3S/c1-11-7-9-12(10-8-11)14-15(29(26,27)18(22,23)24)16(28-25-14,17(19,20)21)13-5-3-2-4-6-13/h2-10,15H,1H3/t15-,16-/m0/s1. The summed E-state index contributed by atoms with van der Waals surface area (Å²) in [5, 5.41) is 0.0303. The first-order chi connectivity index (χ1) is 13.3. The number of nitrogens with zero attached hydrogens (tertiary/aromatic N) is 1. The number of halogens is 6. The Morgan fingerprint density at radius 2 is 1.48 bits per heavy atom. The van der Waals surface area contributed by atoms with Crippen LogP contribution in [0.25, 0.3) is 0 Å². The van der Waals surface area contributed by atoms with Gasteiger partial charge in [0.2, 0.25) is 0 Å². The van der Waals surface area contributed by atoms with Crippen molar-refractivity contribution in [1.29, 1.82) is 0 Å². The monoisotopic (exact) mass is 437 g/mol. The maximum absolute atomic E-state index is 14.2. The Bertz CT molecular complexity index is 1030. The number of benzene rings is 2. The molecule has 0 bridgehead atoms. The van der Waals surface area contributed by atoms with Gasteiger partial charge in [-0.3, -0.25) is 0 Å². The van der Waals surface area contributed by atoms with E-state index < -0.39 is 43.6 Å². The first kappa shape index (κ1) is 21.2. The second kappa shape index (κ2) is 6.75. The normalized spacial score (nSPS) is 22.9. The number of aryl methyl sites for hydroxylation is 1. The molecule has 0 spiro atoms. The zero-order valence-corrected chi connectivity index (χ0v) is 15.4. The van der Waals surface area contributed by atoms with E-state index in [9.17, 15) is 34.8 Å². The number of alkyl halides is 6. The van der Waals surface area contributed by atoms with Gasteiger partial charge < -0.3 is 4.84 Å². The molecule has 0 saturated carbocycles. The van der Waals surface area contributed by atoms with Crippen LogP contribution >= 0.6 is 0 Å². The average molecular weight is 437 g/mol. The van der Waals surface area contributed by atoms with Gasteiger partial charge in [-0.25, -0.2) is 8.42 Å². The van der Waals surface area contributed by atoms with E-state index >= 15 is 0 Å². The van der Waals surface area contributed by atoms with E-state index in [1.165, 1.54) is 30.3 Å². The molecule has 2 aromatic rings. The van der Waals surface area contributed by atoms with Gasteiger partial charge in [0, 0.05) is 11.1 Å². The van der Waals surface area contributed by atoms with Crippen LogP contribution in [-0.2, 0) is 20.3 Å². The second-order valence-electron chi connectivity index (χ2n) is 6.40. The maximum Gasteiger partial charge on any atom is 0.498 e. The maximum atomic E-state index is 14.2. The summed E-state index contributed by atoms with van der Waals surface area (Å²) >= 11 is 0. The molecular formula is C18H13F6NO3S. The smallest absolute Gasteiger partial charge is 0.372 e. The molecule has 0 unspecified atom stereocenters. The SMILES string of the molecule is Cc1ccc(C2=NO[C@](c3ccccc3)(C(F)(F)F)[C@H]2S(=O)(=O)C(F)(F)F)cc1. The fraction of sp³-hybridized carbons (Fsp3) is 0.278. The fourth-order valence-electron chi connectivity index (χ4n) is 3.09. The second-order valence-corrected chi connectivity index (χ2v) is 8.43. The van der Waals surface area contributed by atoms with Gasteiger partial charge >= 0.3 is 11.7 Å². The minimum atomic E-state index is -6.40. The van der Waals surface area contributed by atoms with Crippen molar-refractivity contribution < 1.29 is 39.6 Å².